The van der Waals surface area contributed by atoms with Gasteiger partial charge in [-0.05, 0) is 68.2 Å². The summed E-state index contributed by atoms with van der Waals surface area (Å²) in [6.45, 7) is 1.79. The van der Waals surface area contributed by atoms with Gasteiger partial charge in [0.15, 0.2) is 10.9 Å². The largest absolute Gasteiger partial charge is 0.465 e. The number of hydrogen-bond acceptors (Lipinski definition) is 8. The first-order chi connectivity index (χ1) is 19.9. The van der Waals surface area contributed by atoms with Crippen LogP contribution in [0.25, 0.3) is 21.5 Å². The lowest BCUT2D eigenvalue weighted by Crippen LogP contribution is -2.28. The van der Waals surface area contributed by atoms with E-state index in [1.165, 1.54) is 42.7 Å². The van der Waals surface area contributed by atoms with E-state index in [1.54, 1.807) is 6.07 Å². The summed E-state index contributed by atoms with van der Waals surface area (Å²) in [6.07, 6.45) is 4.62. The Morgan fingerprint density at radius 3 is 2.61 bits per heavy atom. The number of fused-ring (bicyclic) bond motifs is 2. The van der Waals surface area contributed by atoms with Crippen molar-refractivity contribution in [1.82, 2.24) is 10.1 Å². The number of aromatic nitrogens is 2. The Hall–Kier alpha value is -3.44. The number of hydrogen-bond donors (Lipinski definition) is 0. The molecule has 4 aromatic rings. The maximum Gasteiger partial charge on any atom is 0.338 e. The van der Waals surface area contributed by atoms with Gasteiger partial charge in [0.25, 0.3) is 0 Å². The Kier molecular flexibility index (Phi) is 6.73. The predicted octanol–water partition coefficient (Wildman–Crippen LogP) is 6.85. The number of rotatable bonds is 7. The molecule has 3 heterocycles. The van der Waals surface area contributed by atoms with Crippen molar-refractivity contribution >= 4 is 32.7 Å². The quantitative estimate of drug-likeness (QED) is 0.220. The molecule has 2 aliphatic carbocycles. The molecule has 1 aliphatic heterocycles. The molecule has 214 valence electrons. The zero-order valence-electron chi connectivity index (χ0n) is 22.4. The highest BCUT2D eigenvalue weighted by molar-refractivity contribution is 7.22. The van der Waals surface area contributed by atoms with Crippen LogP contribution in [0.3, 0.4) is 0 Å². The molecule has 2 aromatic heterocycles. The highest BCUT2D eigenvalue weighted by atomic mass is 32.1. The summed E-state index contributed by atoms with van der Waals surface area (Å²) in [5, 5.41) is 4.81. The van der Waals surface area contributed by atoms with E-state index in [2.05, 4.69) is 15.0 Å². The molecule has 0 N–H and O–H groups in total. The predicted molar refractivity (Wildman–Crippen MR) is 146 cm³/mol. The molecule has 2 saturated carbocycles. The van der Waals surface area contributed by atoms with Gasteiger partial charge in [-0.1, -0.05) is 22.6 Å². The van der Waals surface area contributed by atoms with Crippen molar-refractivity contribution in [1.29, 1.82) is 0 Å². The molecule has 41 heavy (non-hydrogen) atoms. The van der Waals surface area contributed by atoms with Crippen LogP contribution < -0.4 is 4.90 Å². The fourth-order valence-electron chi connectivity index (χ4n) is 6.29. The second kappa shape index (κ2) is 10.4. The third-order valence-corrected chi connectivity index (χ3v) is 9.62. The van der Waals surface area contributed by atoms with Gasteiger partial charge in [0.2, 0.25) is 0 Å². The summed E-state index contributed by atoms with van der Waals surface area (Å²) in [7, 11) is 1.27. The average molecular weight is 584 g/mol. The average Bonchev–Trinajstić information content (AvgIpc) is 3.37. The third kappa shape index (κ3) is 4.88. The minimum atomic E-state index is -0.676. The number of carbonyl (C=O) groups excluding carboxylic acids is 1. The number of esters is 1. The van der Waals surface area contributed by atoms with Crippen LogP contribution >= 0.6 is 11.3 Å². The fourth-order valence-corrected chi connectivity index (χ4v) is 7.33. The number of nitrogens with zero attached hydrogens (tertiary/aromatic N) is 3. The lowest BCUT2D eigenvalue weighted by Gasteiger charge is -2.30. The zero-order chi connectivity index (χ0) is 28.2. The highest BCUT2D eigenvalue weighted by Crippen LogP contribution is 2.46. The molecule has 7 rings (SSSR count). The van der Waals surface area contributed by atoms with Crippen LogP contribution in [0, 0.1) is 29.3 Å². The Balaban J connectivity index is 1.05. The maximum atomic E-state index is 14.7. The SMILES string of the molecule is COC(=O)c1cc(F)c2nc(N3C[C@H]4C[C@H](OCc5c(-c6c(F)cccc6F)noc5C5CC5)CC[C@H]4C3)sc2c1. The second-order valence-corrected chi connectivity index (χ2v) is 12.2. The molecule has 3 aliphatic rings. The molecular weight excluding hydrogens is 555 g/mol. The van der Waals surface area contributed by atoms with Gasteiger partial charge >= 0.3 is 5.97 Å². The van der Waals surface area contributed by atoms with E-state index in [9.17, 15) is 18.0 Å². The molecule has 0 bridgehead atoms. The van der Waals surface area contributed by atoms with Gasteiger partial charge in [-0.3, -0.25) is 0 Å². The van der Waals surface area contributed by atoms with Crippen LogP contribution in [0.15, 0.2) is 34.9 Å². The molecule has 7 nitrogen and oxygen atoms in total. The number of halogens is 3. The standard InChI is InChI=1S/C30H28F3N3O4S/c1-38-29(37)17-10-23(33)27-24(11-17)41-30(34-27)36-12-16-7-8-19(9-18(16)13-36)39-14-20-26(35-40-28(20)15-5-6-15)25-21(31)3-2-4-22(25)32/h2-4,10-11,15-16,18-19H,5-9,12-14H2,1H3/t16-,18+,19+/m0/s1. The van der Waals surface area contributed by atoms with Crippen molar-refractivity contribution in [2.75, 3.05) is 25.1 Å². The van der Waals surface area contributed by atoms with E-state index in [4.69, 9.17) is 14.0 Å². The molecule has 0 radical (unpaired) electrons. The molecule has 0 unspecified atom stereocenters. The monoisotopic (exact) mass is 583 g/mol. The van der Waals surface area contributed by atoms with E-state index in [0.29, 0.717) is 27.9 Å². The Morgan fingerprint density at radius 1 is 1.07 bits per heavy atom. The van der Waals surface area contributed by atoms with Gasteiger partial charge in [-0.25, -0.2) is 22.9 Å². The first-order valence-corrected chi connectivity index (χ1v) is 14.7. The van der Waals surface area contributed by atoms with E-state index in [1.807, 2.05) is 0 Å². The summed E-state index contributed by atoms with van der Waals surface area (Å²) in [5.74, 6) is -0.740. The third-order valence-electron chi connectivity index (χ3n) is 8.56. The molecular formula is C30H28F3N3O4S. The highest BCUT2D eigenvalue weighted by Gasteiger charge is 2.40. The van der Waals surface area contributed by atoms with Gasteiger partial charge in [0.1, 0.15) is 28.6 Å². The molecule has 11 heteroatoms. The Morgan fingerprint density at radius 2 is 1.85 bits per heavy atom. The van der Waals surface area contributed by atoms with Crippen molar-refractivity contribution in [3.63, 3.8) is 0 Å². The Bertz CT molecular complexity index is 1610. The summed E-state index contributed by atoms with van der Waals surface area (Å²) >= 11 is 1.37. The van der Waals surface area contributed by atoms with Crippen molar-refractivity contribution in [2.45, 2.75) is 50.7 Å². The number of anilines is 1. The Labute approximate surface area is 238 Å². The minimum absolute atomic E-state index is 0.00750. The van der Waals surface area contributed by atoms with Gasteiger partial charge in [-0.2, -0.15) is 0 Å². The number of ether oxygens (including phenoxy) is 2. The van der Waals surface area contributed by atoms with Gasteiger partial charge in [0, 0.05) is 24.6 Å². The van der Waals surface area contributed by atoms with E-state index in [0.717, 1.165) is 50.3 Å². The normalized spacial score (nSPS) is 22.3. The van der Waals surface area contributed by atoms with Crippen LogP contribution in [0.2, 0.25) is 0 Å². The smallest absolute Gasteiger partial charge is 0.338 e. The fraction of sp³-hybridized carbons (Fsp3) is 0.433. The summed E-state index contributed by atoms with van der Waals surface area (Å²) < 4.78 is 61.2. The lowest BCUT2D eigenvalue weighted by atomic mass is 9.80. The van der Waals surface area contributed by atoms with Crippen LogP contribution in [0.1, 0.15) is 59.7 Å². The second-order valence-electron chi connectivity index (χ2n) is 11.2. The van der Waals surface area contributed by atoms with Crippen LogP contribution in [0.5, 0.6) is 0 Å². The number of benzene rings is 2. The van der Waals surface area contributed by atoms with Crippen molar-refractivity contribution < 1.29 is 32.0 Å². The van der Waals surface area contributed by atoms with Gasteiger partial charge < -0.3 is 18.9 Å². The minimum Gasteiger partial charge on any atom is -0.465 e. The van der Waals surface area contributed by atoms with Crippen LogP contribution in [-0.2, 0) is 16.1 Å². The lowest BCUT2D eigenvalue weighted by molar-refractivity contribution is -0.00495. The van der Waals surface area contributed by atoms with E-state index < -0.39 is 23.4 Å². The molecule has 1 saturated heterocycles. The number of methoxy groups -OCH3 is 1. The van der Waals surface area contributed by atoms with E-state index in [-0.39, 0.29) is 41.0 Å². The van der Waals surface area contributed by atoms with Crippen molar-refractivity contribution in [3.8, 4) is 11.3 Å². The molecule has 3 atom stereocenters. The summed E-state index contributed by atoms with van der Waals surface area (Å²) in [6, 6.07) is 6.57. The molecule has 0 spiro atoms. The number of thiazole rings is 1. The summed E-state index contributed by atoms with van der Waals surface area (Å²) in [5.41, 5.74) is 1.07. The van der Waals surface area contributed by atoms with Crippen molar-refractivity contribution in [2.24, 2.45) is 11.8 Å². The van der Waals surface area contributed by atoms with Gasteiger partial charge in [0.05, 0.1) is 35.6 Å². The number of carbonyl (C=O) groups is 1. The molecule has 3 fully saturated rings. The molecule has 2 aromatic carbocycles. The van der Waals surface area contributed by atoms with Crippen LogP contribution in [-0.4, -0.2) is 42.4 Å². The van der Waals surface area contributed by atoms with Crippen molar-refractivity contribution in [3.05, 3.63) is 64.7 Å². The topological polar surface area (TPSA) is 77.7 Å². The maximum absolute atomic E-state index is 14.7. The molecule has 0 amide bonds. The summed E-state index contributed by atoms with van der Waals surface area (Å²) in [4.78, 5) is 18.7. The van der Waals surface area contributed by atoms with Crippen LogP contribution in [0.4, 0.5) is 18.3 Å². The first-order valence-electron chi connectivity index (χ1n) is 13.9. The van der Waals surface area contributed by atoms with Gasteiger partial charge in [-0.15, -0.1) is 0 Å². The zero-order valence-corrected chi connectivity index (χ0v) is 23.2. The first kappa shape index (κ1) is 26.5. The van der Waals surface area contributed by atoms with E-state index >= 15 is 0 Å².